The Kier molecular flexibility index (Phi) is 4.52. The quantitative estimate of drug-likeness (QED) is 0.845. The van der Waals surface area contributed by atoms with Crippen LogP contribution in [-0.2, 0) is 9.84 Å². The Hall–Kier alpha value is -0.400. The van der Waals surface area contributed by atoms with Crippen LogP contribution in [0.4, 0.5) is 0 Å². The van der Waals surface area contributed by atoms with E-state index in [0.717, 1.165) is 10.7 Å². The van der Waals surface area contributed by atoms with Crippen LogP contribution in [0.5, 0.6) is 0 Å². The van der Waals surface area contributed by atoms with Gasteiger partial charge in [-0.15, -0.1) is 11.3 Å². The topological polar surface area (TPSA) is 54.5 Å². The molecule has 0 bridgehead atoms. The molecular weight excluding hydrogens is 314 g/mol. The maximum Gasteiger partial charge on any atom is 0.264 e. The molecule has 1 amide bonds. The molecule has 1 aromatic heterocycles. The Morgan fingerprint density at radius 3 is 2.62 bits per heavy atom. The molecule has 4 nitrogen and oxygen atoms in total. The molecule has 0 saturated carbocycles. The van der Waals surface area contributed by atoms with E-state index in [9.17, 15) is 13.2 Å². The molecule has 1 heterocycles. The molecule has 1 rings (SSSR count). The Morgan fingerprint density at radius 2 is 2.19 bits per heavy atom. The number of thiophene rings is 1. The lowest BCUT2D eigenvalue weighted by atomic mass is 10.4. The van der Waals surface area contributed by atoms with Gasteiger partial charge in [0.2, 0.25) is 0 Å². The van der Waals surface area contributed by atoms with Crippen molar-refractivity contribution in [3.63, 3.8) is 0 Å². The highest BCUT2D eigenvalue weighted by Crippen LogP contribution is 2.23. The van der Waals surface area contributed by atoms with Gasteiger partial charge >= 0.3 is 0 Å². The standard InChI is InChI=1S/C9H12BrNO3S2/c1-11(4-6-16(2,13)14)9(12)8-7(10)3-5-15-8/h3,5H,4,6H2,1-2H3. The van der Waals surface area contributed by atoms with Crippen LogP contribution in [0.15, 0.2) is 15.9 Å². The highest BCUT2D eigenvalue weighted by Gasteiger charge is 2.17. The van der Waals surface area contributed by atoms with Crippen molar-refractivity contribution in [1.29, 1.82) is 0 Å². The molecule has 0 aliphatic heterocycles. The first-order chi connectivity index (χ1) is 7.31. The van der Waals surface area contributed by atoms with Crippen LogP contribution in [-0.4, -0.2) is 44.8 Å². The van der Waals surface area contributed by atoms with Crippen LogP contribution in [0, 0.1) is 0 Å². The fourth-order valence-electron chi connectivity index (χ4n) is 1.02. The minimum Gasteiger partial charge on any atom is -0.340 e. The van der Waals surface area contributed by atoms with Crippen molar-refractivity contribution in [2.24, 2.45) is 0 Å². The number of rotatable bonds is 4. The highest BCUT2D eigenvalue weighted by atomic mass is 79.9. The van der Waals surface area contributed by atoms with Crippen LogP contribution >= 0.6 is 27.3 Å². The van der Waals surface area contributed by atoms with Gasteiger partial charge in [0, 0.05) is 24.3 Å². The summed E-state index contributed by atoms with van der Waals surface area (Å²) < 4.78 is 22.7. The van der Waals surface area contributed by atoms with Crippen molar-refractivity contribution in [3.05, 3.63) is 20.8 Å². The summed E-state index contributed by atoms with van der Waals surface area (Å²) in [5.74, 6) is -0.177. The van der Waals surface area contributed by atoms with Crippen molar-refractivity contribution in [3.8, 4) is 0 Å². The molecule has 0 fully saturated rings. The highest BCUT2D eigenvalue weighted by molar-refractivity contribution is 9.10. The van der Waals surface area contributed by atoms with E-state index >= 15 is 0 Å². The van der Waals surface area contributed by atoms with Crippen molar-refractivity contribution in [1.82, 2.24) is 4.90 Å². The third kappa shape index (κ3) is 3.88. The maximum absolute atomic E-state index is 11.9. The number of nitrogens with zero attached hydrogens (tertiary/aromatic N) is 1. The van der Waals surface area contributed by atoms with E-state index in [4.69, 9.17) is 0 Å². The summed E-state index contributed by atoms with van der Waals surface area (Å²) in [4.78, 5) is 13.9. The average Bonchev–Trinajstić information content (AvgIpc) is 2.58. The first kappa shape index (κ1) is 13.7. The summed E-state index contributed by atoms with van der Waals surface area (Å²) in [6, 6.07) is 1.79. The molecule has 1 aromatic rings. The van der Waals surface area contributed by atoms with E-state index in [-0.39, 0.29) is 18.2 Å². The first-order valence-electron chi connectivity index (χ1n) is 4.47. The van der Waals surface area contributed by atoms with Crippen molar-refractivity contribution in [2.45, 2.75) is 0 Å². The molecule has 0 N–H and O–H groups in total. The van der Waals surface area contributed by atoms with Crippen LogP contribution in [0.25, 0.3) is 0 Å². The molecule has 0 aromatic carbocycles. The molecule has 90 valence electrons. The summed E-state index contributed by atoms with van der Waals surface area (Å²) in [5.41, 5.74) is 0. The number of amides is 1. The summed E-state index contributed by atoms with van der Waals surface area (Å²) in [6.07, 6.45) is 1.16. The number of carbonyl (C=O) groups is 1. The molecule has 0 radical (unpaired) electrons. The lowest BCUT2D eigenvalue weighted by molar-refractivity contribution is 0.0807. The van der Waals surface area contributed by atoms with Crippen LogP contribution < -0.4 is 0 Å². The van der Waals surface area contributed by atoms with E-state index < -0.39 is 9.84 Å². The second-order valence-corrected chi connectivity index (χ2v) is 7.48. The SMILES string of the molecule is CN(CCS(C)(=O)=O)C(=O)c1sccc1Br. The normalized spacial score (nSPS) is 11.4. The fraction of sp³-hybridized carbons (Fsp3) is 0.444. The van der Waals surface area contributed by atoms with Crippen molar-refractivity contribution in [2.75, 3.05) is 25.6 Å². The Morgan fingerprint density at radius 1 is 1.56 bits per heavy atom. The van der Waals surface area contributed by atoms with Gasteiger partial charge < -0.3 is 4.90 Å². The summed E-state index contributed by atoms with van der Waals surface area (Å²) in [5, 5.41) is 1.81. The lowest BCUT2D eigenvalue weighted by Crippen LogP contribution is -2.31. The van der Waals surface area contributed by atoms with E-state index in [0.29, 0.717) is 4.88 Å². The van der Waals surface area contributed by atoms with Gasteiger partial charge in [0.15, 0.2) is 0 Å². The largest absolute Gasteiger partial charge is 0.340 e. The predicted octanol–water partition coefficient (Wildman–Crippen LogP) is 1.63. The number of carbonyl (C=O) groups excluding carboxylic acids is 1. The molecule has 16 heavy (non-hydrogen) atoms. The molecule has 7 heteroatoms. The summed E-state index contributed by atoms with van der Waals surface area (Å²) in [6.45, 7) is 0.210. The van der Waals surface area contributed by atoms with Crippen LogP contribution in [0.2, 0.25) is 0 Å². The molecule has 0 saturated heterocycles. The zero-order valence-electron chi connectivity index (χ0n) is 8.94. The van der Waals surface area contributed by atoms with Gasteiger partial charge in [0.25, 0.3) is 5.91 Å². The minimum absolute atomic E-state index is 0.0156. The number of sulfone groups is 1. The van der Waals surface area contributed by atoms with E-state index in [1.807, 2.05) is 5.38 Å². The smallest absolute Gasteiger partial charge is 0.264 e. The average molecular weight is 326 g/mol. The van der Waals surface area contributed by atoms with Gasteiger partial charge in [0.1, 0.15) is 14.7 Å². The maximum atomic E-state index is 11.9. The van der Waals surface area contributed by atoms with Gasteiger partial charge in [-0.3, -0.25) is 4.79 Å². The molecule has 0 aliphatic carbocycles. The van der Waals surface area contributed by atoms with Crippen molar-refractivity contribution < 1.29 is 13.2 Å². The lowest BCUT2D eigenvalue weighted by Gasteiger charge is -2.15. The van der Waals surface area contributed by atoms with Gasteiger partial charge in [-0.1, -0.05) is 0 Å². The second kappa shape index (κ2) is 5.29. The predicted molar refractivity (Wildman–Crippen MR) is 68.7 cm³/mol. The molecule has 0 unspecified atom stereocenters. The number of hydrogen-bond acceptors (Lipinski definition) is 4. The summed E-state index contributed by atoms with van der Waals surface area (Å²) >= 11 is 4.60. The van der Waals surface area contributed by atoms with Gasteiger partial charge in [-0.25, -0.2) is 8.42 Å². The van der Waals surface area contributed by atoms with Gasteiger partial charge in [0.05, 0.1) is 5.75 Å². The van der Waals surface area contributed by atoms with Crippen LogP contribution in [0.1, 0.15) is 9.67 Å². The van der Waals surface area contributed by atoms with Gasteiger partial charge in [-0.05, 0) is 27.4 Å². The first-order valence-corrected chi connectivity index (χ1v) is 8.21. The minimum atomic E-state index is -3.03. The molecule has 0 atom stereocenters. The second-order valence-electron chi connectivity index (χ2n) is 3.45. The number of hydrogen-bond donors (Lipinski definition) is 0. The fourth-order valence-corrected chi connectivity index (χ4v) is 3.16. The zero-order valence-corrected chi connectivity index (χ0v) is 12.2. The van der Waals surface area contributed by atoms with E-state index in [2.05, 4.69) is 15.9 Å². The summed E-state index contributed by atoms with van der Waals surface area (Å²) in [7, 11) is -1.44. The molecular formula is C9H12BrNO3S2. The van der Waals surface area contributed by atoms with Crippen LogP contribution in [0.3, 0.4) is 0 Å². The number of halogens is 1. The third-order valence-corrected chi connectivity index (χ3v) is 4.71. The third-order valence-electron chi connectivity index (χ3n) is 1.96. The van der Waals surface area contributed by atoms with Gasteiger partial charge in [-0.2, -0.15) is 0 Å². The molecule has 0 aliphatic rings. The Labute approximate surface area is 107 Å². The van der Waals surface area contributed by atoms with Crippen molar-refractivity contribution >= 4 is 43.0 Å². The molecule has 0 spiro atoms. The Balaban J connectivity index is 2.66. The zero-order chi connectivity index (χ0) is 12.3. The Bertz CT molecular complexity index is 481. The van der Waals surface area contributed by atoms with E-state index in [1.54, 1.807) is 13.1 Å². The van der Waals surface area contributed by atoms with E-state index in [1.165, 1.54) is 16.2 Å². The monoisotopic (exact) mass is 325 g/mol.